The molecular formula is C20H18Cl2N2O4S2. The Morgan fingerprint density at radius 1 is 1.03 bits per heavy atom. The van der Waals surface area contributed by atoms with Crippen molar-refractivity contribution in [3.05, 3.63) is 52.0 Å². The molecule has 3 aliphatic rings. The average molecular weight is 485 g/mol. The van der Waals surface area contributed by atoms with E-state index in [1.54, 1.807) is 17.8 Å². The average Bonchev–Trinajstić information content (AvgIpc) is 3.19. The van der Waals surface area contributed by atoms with Gasteiger partial charge in [-0.15, -0.1) is 0 Å². The zero-order valence-corrected chi connectivity index (χ0v) is 18.9. The van der Waals surface area contributed by atoms with Crippen LogP contribution >= 0.6 is 35.0 Å². The molecule has 158 valence electrons. The van der Waals surface area contributed by atoms with Gasteiger partial charge in [-0.2, -0.15) is 0 Å². The molecule has 3 heterocycles. The van der Waals surface area contributed by atoms with E-state index in [1.807, 2.05) is 35.2 Å². The van der Waals surface area contributed by atoms with E-state index in [0.29, 0.717) is 40.5 Å². The molecule has 0 saturated carbocycles. The van der Waals surface area contributed by atoms with Gasteiger partial charge in [0.05, 0.1) is 33.6 Å². The Hall–Kier alpha value is -1.61. The lowest BCUT2D eigenvalue weighted by Crippen LogP contribution is -2.39. The molecule has 1 fully saturated rings. The number of anilines is 1. The number of hydrogen-bond donors (Lipinski definition) is 0. The summed E-state index contributed by atoms with van der Waals surface area (Å²) < 4.78 is 35.8. The summed E-state index contributed by atoms with van der Waals surface area (Å²) in [6.07, 6.45) is 0. The highest BCUT2D eigenvalue weighted by atomic mass is 35.5. The van der Waals surface area contributed by atoms with Gasteiger partial charge in [0.1, 0.15) is 13.2 Å². The second-order valence-electron chi connectivity index (χ2n) is 7.36. The fourth-order valence-electron chi connectivity index (χ4n) is 3.89. The third-order valence-corrected chi connectivity index (χ3v) is 8.74. The molecule has 0 aliphatic carbocycles. The second-order valence-corrected chi connectivity index (χ2v) is 11.3. The zero-order valence-electron chi connectivity index (χ0n) is 15.8. The lowest BCUT2D eigenvalue weighted by Gasteiger charge is -2.28. The van der Waals surface area contributed by atoms with Crippen molar-refractivity contribution in [3.63, 3.8) is 0 Å². The Balaban J connectivity index is 1.44. The van der Waals surface area contributed by atoms with Crippen molar-refractivity contribution >= 4 is 55.7 Å². The van der Waals surface area contributed by atoms with Gasteiger partial charge in [0.15, 0.2) is 26.5 Å². The Kier molecular flexibility index (Phi) is 5.29. The van der Waals surface area contributed by atoms with Gasteiger partial charge in [-0.25, -0.2) is 8.42 Å². The van der Waals surface area contributed by atoms with E-state index in [-0.39, 0.29) is 23.6 Å². The van der Waals surface area contributed by atoms with Gasteiger partial charge >= 0.3 is 0 Å². The monoisotopic (exact) mass is 484 g/mol. The van der Waals surface area contributed by atoms with Crippen LogP contribution in [-0.2, 0) is 15.6 Å². The fourth-order valence-corrected chi connectivity index (χ4v) is 7.12. The molecule has 2 atom stereocenters. The Labute approximate surface area is 189 Å². The van der Waals surface area contributed by atoms with Crippen LogP contribution in [0.5, 0.6) is 11.5 Å². The van der Waals surface area contributed by atoms with Crippen LogP contribution in [-0.4, -0.2) is 50.4 Å². The maximum atomic E-state index is 12.2. The maximum Gasteiger partial charge on any atom is 0.164 e. The molecule has 0 bridgehead atoms. The second kappa shape index (κ2) is 7.82. The minimum atomic E-state index is -3.11. The first kappa shape index (κ1) is 20.3. The molecule has 0 amide bonds. The third kappa shape index (κ3) is 3.86. The largest absolute Gasteiger partial charge is 0.486 e. The molecule has 1 saturated heterocycles. The molecule has 0 N–H and O–H groups in total. The first-order chi connectivity index (χ1) is 14.4. The Morgan fingerprint density at radius 3 is 2.63 bits per heavy atom. The van der Waals surface area contributed by atoms with E-state index < -0.39 is 9.84 Å². The molecule has 0 radical (unpaired) electrons. The zero-order chi connectivity index (χ0) is 20.9. The van der Waals surface area contributed by atoms with Gasteiger partial charge in [-0.05, 0) is 29.8 Å². The van der Waals surface area contributed by atoms with Crippen molar-refractivity contribution in [2.24, 2.45) is 4.99 Å². The molecule has 5 rings (SSSR count). The minimum Gasteiger partial charge on any atom is -0.486 e. The summed E-state index contributed by atoms with van der Waals surface area (Å²) in [5.41, 5.74) is 1.87. The van der Waals surface area contributed by atoms with Crippen LogP contribution < -0.4 is 14.4 Å². The van der Waals surface area contributed by atoms with Crippen molar-refractivity contribution in [1.29, 1.82) is 0 Å². The molecule has 0 spiro atoms. The summed E-state index contributed by atoms with van der Waals surface area (Å²) in [6, 6.07) is 10.8. The first-order valence-electron chi connectivity index (χ1n) is 9.43. The predicted molar refractivity (Wildman–Crippen MR) is 121 cm³/mol. The maximum absolute atomic E-state index is 12.2. The summed E-state index contributed by atoms with van der Waals surface area (Å²) in [5, 5.41) is 1.82. The van der Waals surface area contributed by atoms with Crippen LogP contribution in [0, 0.1) is 0 Å². The smallest absolute Gasteiger partial charge is 0.164 e. The Morgan fingerprint density at radius 2 is 1.83 bits per heavy atom. The number of aliphatic imine (C=N–C) groups is 1. The topological polar surface area (TPSA) is 68.2 Å². The number of fused-ring (bicyclic) bond motifs is 2. The number of thioether (sulfide) groups is 1. The van der Waals surface area contributed by atoms with E-state index in [2.05, 4.69) is 0 Å². The number of nitrogens with zero attached hydrogens (tertiary/aromatic N) is 2. The van der Waals surface area contributed by atoms with E-state index >= 15 is 0 Å². The van der Waals surface area contributed by atoms with Crippen LogP contribution in [0.25, 0.3) is 0 Å². The molecule has 3 aliphatic heterocycles. The van der Waals surface area contributed by atoms with Crippen LogP contribution in [0.4, 0.5) is 5.69 Å². The highest BCUT2D eigenvalue weighted by Gasteiger charge is 2.47. The van der Waals surface area contributed by atoms with Crippen LogP contribution in [0.2, 0.25) is 10.0 Å². The van der Waals surface area contributed by atoms with Gasteiger partial charge in [0.2, 0.25) is 0 Å². The number of halogens is 2. The summed E-state index contributed by atoms with van der Waals surface area (Å²) in [7, 11) is -3.11. The SMILES string of the molecule is O=S1(=O)C[C@@H]2N=C(SCc3ccc(Cl)c(Cl)c3)N(c3ccc4c(c3)OCCO4)[C@@H]2C1. The number of hydrogen-bond acceptors (Lipinski definition) is 7. The van der Waals surface area contributed by atoms with Crippen molar-refractivity contribution in [2.45, 2.75) is 17.8 Å². The quantitative estimate of drug-likeness (QED) is 0.654. The summed E-state index contributed by atoms with van der Waals surface area (Å²) >= 11 is 13.7. The number of amidine groups is 1. The highest BCUT2D eigenvalue weighted by molar-refractivity contribution is 8.13. The van der Waals surface area contributed by atoms with E-state index in [9.17, 15) is 8.42 Å². The summed E-state index contributed by atoms with van der Waals surface area (Å²) in [4.78, 5) is 6.79. The number of benzene rings is 2. The molecular weight excluding hydrogens is 467 g/mol. The predicted octanol–water partition coefficient (Wildman–Crippen LogP) is 4.04. The molecule has 10 heteroatoms. The summed E-state index contributed by atoms with van der Waals surface area (Å²) in [6.45, 7) is 1.01. The van der Waals surface area contributed by atoms with E-state index in [0.717, 1.165) is 16.4 Å². The molecule has 6 nitrogen and oxygen atoms in total. The molecule has 0 unspecified atom stereocenters. The van der Waals surface area contributed by atoms with Crippen molar-refractivity contribution < 1.29 is 17.9 Å². The Bertz CT molecular complexity index is 1140. The minimum absolute atomic E-state index is 0.0789. The lowest BCUT2D eigenvalue weighted by atomic mass is 10.1. The molecule has 2 aromatic carbocycles. The van der Waals surface area contributed by atoms with Gasteiger partial charge < -0.3 is 14.4 Å². The van der Waals surface area contributed by atoms with Gasteiger partial charge in [-0.3, -0.25) is 4.99 Å². The van der Waals surface area contributed by atoms with Crippen LogP contribution in [0.1, 0.15) is 5.56 Å². The first-order valence-corrected chi connectivity index (χ1v) is 13.0. The summed E-state index contributed by atoms with van der Waals surface area (Å²) in [5.74, 6) is 2.17. The lowest BCUT2D eigenvalue weighted by molar-refractivity contribution is 0.171. The molecule has 0 aromatic heterocycles. The van der Waals surface area contributed by atoms with Gasteiger partial charge in [-0.1, -0.05) is 41.0 Å². The van der Waals surface area contributed by atoms with E-state index in [4.69, 9.17) is 37.7 Å². The molecule has 30 heavy (non-hydrogen) atoms. The van der Waals surface area contributed by atoms with Crippen molar-refractivity contribution in [1.82, 2.24) is 0 Å². The highest BCUT2D eigenvalue weighted by Crippen LogP contribution is 2.40. The van der Waals surface area contributed by atoms with E-state index in [1.165, 1.54) is 0 Å². The third-order valence-electron chi connectivity index (χ3n) is 5.26. The van der Waals surface area contributed by atoms with Gasteiger partial charge in [0.25, 0.3) is 0 Å². The standard InChI is InChI=1S/C20H18Cl2N2O4S2/c21-14-3-1-12(7-15(14)22)9-29-20-23-16-10-30(25,26)11-17(16)24(20)13-2-4-18-19(8-13)28-6-5-27-18/h1-4,7-8,16-17H,5-6,9-11H2/t16-,17+/m0/s1. The number of sulfone groups is 1. The van der Waals surface area contributed by atoms with Crippen LogP contribution in [0.15, 0.2) is 41.4 Å². The van der Waals surface area contributed by atoms with Crippen molar-refractivity contribution in [3.8, 4) is 11.5 Å². The number of rotatable bonds is 3. The number of ether oxygens (including phenoxy) is 2. The van der Waals surface area contributed by atoms with Crippen LogP contribution in [0.3, 0.4) is 0 Å². The molecule has 2 aromatic rings. The van der Waals surface area contributed by atoms with Crippen molar-refractivity contribution in [2.75, 3.05) is 29.6 Å². The van der Waals surface area contributed by atoms with Gasteiger partial charge in [0, 0.05) is 17.5 Å². The fraction of sp³-hybridized carbons (Fsp3) is 0.350. The normalized spacial score (nSPS) is 23.9.